The molecule has 4 aromatic rings. The van der Waals surface area contributed by atoms with Gasteiger partial charge in [0.2, 0.25) is 5.62 Å². The number of nitrogens with one attached hydrogen (secondary N) is 1. The van der Waals surface area contributed by atoms with Crippen molar-refractivity contribution in [3.8, 4) is 11.1 Å². The molecule has 0 saturated heterocycles. The number of pyridine rings is 1. The Morgan fingerprint density at radius 3 is 2.49 bits per heavy atom. The van der Waals surface area contributed by atoms with Crippen molar-refractivity contribution >= 4 is 12.0 Å². The number of benzene rings is 2. The third-order valence-corrected chi connectivity index (χ3v) is 7.18. The molecule has 1 fully saturated rings. The van der Waals surface area contributed by atoms with Crippen LogP contribution in [0, 0.1) is 24.5 Å². The minimum absolute atomic E-state index is 0.0125. The minimum Gasteiger partial charge on any atom is -0.463 e. The number of carboxylic acid groups (broad SMARTS) is 1. The van der Waals surface area contributed by atoms with Crippen LogP contribution in [0.1, 0.15) is 51.6 Å². The topological polar surface area (TPSA) is 102 Å². The molecule has 1 aliphatic carbocycles. The highest BCUT2D eigenvalue weighted by Crippen LogP contribution is 2.42. The van der Waals surface area contributed by atoms with E-state index in [9.17, 15) is 32.3 Å². The maximum Gasteiger partial charge on any atom is 0.434 e. The van der Waals surface area contributed by atoms with Crippen LogP contribution in [-0.4, -0.2) is 31.2 Å². The number of carbonyl (C=O) groups excluding carboxylic acids is 1. The van der Waals surface area contributed by atoms with Crippen molar-refractivity contribution in [2.45, 2.75) is 38.5 Å². The van der Waals surface area contributed by atoms with Gasteiger partial charge < -0.3 is 19.6 Å². The zero-order valence-electron chi connectivity index (χ0n) is 23.0. The Hall–Kier alpha value is -4.81. The molecule has 13 heteroatoms. The summed E-state index contributed by atoms with van der Waals surface area (Å²) in [5, 5.41) is 12.0. The fourth-order valence-electron chi connectivity index (χ4n) is 5.00. The SMILES string of the molecule is Cc1ccnc(C(NC(=O)c2cc(Cn3ccn(C)/c3=N/C(=O)O)cc(-c3ccc(F)cc3C(F)(F)F)c2F)C2CC2)c1. The van der Waals surface area contributed by atoms with E-state index < -0.39 is 58.1 Å². The highest BCUT2D eigenvalue weighted by atomic mass is 19.4. The van der Waals surface area contributed by atoms with Crippen LogP contribution in [0.25, 0.3) is 11.1 Å². The molecule has 2 aromatic heterocycles. The molecular weight excluding hydrogens is 573 g/mol. The van der Waals surface area contributed by atoms with Crippen LogP contribution in [0.3, 0.4) is 0 Å². The first-order chi connectivity index (χ1) is 20.3. The van der Waals surface area contributed by atoms with Crippen molar-refractivity contribution in [3.05, 3.63) is 106 Å². The van der Waals surface area contributed by atoms with Gasteiger partial charge in [-0.2, -0.15) is 13.2 Å². The van der Waals surface area contributed by atoms with Gasteiger partial charge in [0.25, 0.3) is 5.91 Å². The monoisotopic (exact) mass is 599 g/mol. The molecule has 1 aliphatic rings. The van der Waals surface area contributed by atoms with E-state index in [0.717, 1.165) is 36.6 Å². The highest BCUT2D eigenvalue weighted by molar-refractivity contribution is 5.96. The van der Waals surface area contributed by atoms with Crippen LogP contribution in [0.4, 0.5) is 26.7 Å². The predicted octanol–water partition coefficient (Wildman–Crippen LogP) is 6.00. The van der Waals surface area contributed by atoms with Crippen molar-refractivity contribution in [2.75, 3.05) is 0 Å². The summed E-state index contributed by atoms with van der Waals surface area (Å²) < 4.78 is 74.7. The van der Waals surface area contributed by atoms with Gasteiger partial charge in [-0.25, -0.2) is 13.6 Å². The van der Waals surface area contributed by atoms with Gasteiger partial charge in [0.05, 0.1) is 29.4 Å². The number of hydrogen-bond donors (Lipinski definition) is 2. The maximum atomic E-state index is 16.1. The molecule has 2 aromatic carbocycles. The minimum atomic E-state index is -5.03. The van der Waals surface area contributed by atoms with Crippen molar-refractivity contribution in [1.29, 1.82) is 0 Å². The predicted molar refractivity (Wildman–Crippen MR) is 145 cm³/mol. The summed E-state index contributed by atoms with van der Waals surface area (Å²) in [6.45, 7) is 1.69. The van der Waals surface area contributed by atoms with Crippen LogP contribution in [-0.2, 0) is 19.8 Å². The number of imidazole rings is 1. The first kappa shape index (κ1) is 29.7. The van der Waals surface area contributed by atoms with Crippen molar-refractivity contribution in [3.63, 3.8) is 0 Å². The lowest BCUT2D eigenvalue weighted by Gasteiger charge is -2.20. The van der Waals surface area contributed by atoms with Gasteiger partial charge in [-0.05, 0) is 78.8 Å². The second-order valence-electron chi connectivity index (χ2n) is 10.5. The molecule has 1 saturated carbocycles. The number of aromatic nitrogens is 3. The van der Waals surface area contributed by atoms with Gasteiger partial charge in [-0.1, -0.05) is 6.07 Å². The van der Waals surface area contributed by atoms with Crippen LogP contribution < -0.4 is 10.9 Å². The quantitative estimate of drug-likeness (QED) is 0.255. The largest absolute Gasteiger partial charge is 0.463 e. The summed E-state index contributed by atoms with van der Waals surface area (Å²) >= 11 is 0. The number of amides is 2. The van der Waals surface area contributed by atoms with E-state index in [2.05, 4.69) is 15.3 Å². The van der Waals surface area contributed by atoms with Crippen LogP contribution in [0.5, 0.6) is 0 Å². The van der Waals surface area contributed by atoms with Gasteiger partial charge in [0.1, 0.15) is 11.6 Å². The molecule has 0 aliphatic heterocycles. The summed E-state index contributed by atoms with van der Waals surface area (Å²) in [7, 11) is 1.54. The summed E-state index contributed by atoms with van der Waals surface area (Å²) in [4.78, 5) is 32.8. The van der Waals surface area contributed by atoms with Crippen LogP contribution in [0.15, 0.2) is 66.0 Å². The van der Waals surface area contributed by atoms with E-state index in [-0.39, 0.29) is 29.7 Å². The van der Waals surface area contributed by atoms with Crippen LogP contribution in [0.2, 0.25) is 0 Å². The molecule has 0 bridgehead atoms. The summed E-state index contributed by atoms with van der Waals surface area (Å²) in [5.74, 6) is -3.20. The number of aryl methyl sites for hydroxylation is 2. The third-order valence-electron chi connectivity index (χ3n) is 7.18. The Bertz CT molecular complexity index is 1790. The number of nitrogens with zero attached hydrogens (tertiary/aromatic N) is 4. The zero-order chi connectivity index (χ0) is 31.1. The Kier molecular flexibility index (Phi) is 7.91. The Labute approximate surface area is 242 Å². The lowest BCUT2D eigenvalue weighted by molar-refractivity contribution is -0.137. The molecule has 0 radical (unpaired) electrons. The molecule has 2 N–H and O–H groups in total. The number of halogens is 5. The first-order valence-corrected chi connectivity index (χ1v) is 13.2. The Morgan fingerprint density at radius 2 is 1.84 bits per heavy atom. The molecule has 5 rings (SSSR count). The molecule has 43 heavy (non-hydrogen) atoms. The zero-order valence-corrected chi connectivity index (χ0v) is 23.0. The summed E-state index contributed by atoms with van der Waals surface area (Å²) in [5.41, 5.74) is -1.53. The first-order valence-electron chi connectivity index (χ1n) is 13.2. The number of carbonyl (C=O) groups is 2. The van der Waals surface area contributed by atoms with E-state index in [0.29, 0.717) is 5.69 Å². The second-order valence-corrected chi connectivity index (χ2v) is 10.5. The molecule has 224 valence electrons. The Balaban J connectivity index is 1.65. The standard InChI is InChI=1S/C30H26F5N5O3/c1-16-7-8-36-24(11-16)26(18-3-4-18)37-27(41)22-13-17(15-40-10-9-39(2)28(40)38-29(42)43)12-21(25(22)32)20-6-5-19(31)14-23(20)30(33,34)35/h5-14,18,26H,3-4,15H2,1-2H3,(H,37,41)(H,42,43)/b38-28-. The molecule has 2 heterocycles. The molecular formula is C30H26F5N5O3. The lowest BCUT2D eigenvalue weighted by atomic mass is 9.94. The second kappa shape index (κ2) is 11.5. The van der Waals surface area contributed by atoms with Gasteiger partial charge >= 0.3 is 12.3 Å². The van der Waals surface area contributed by atoms with Crippen molar-refractivity contribution in [2.24, 2.45) is 18.0 Å². The summed E-state index contributed by atoms with van der Waals surface area (Å²) in [6, 6.07) is 7.21. The molecule has 1 unspecified atom stereocenters. The van der Waals surface area contributed by atoms with E-state index in [1.807, 2.05) is 6.92 Å². The van der Waals surface area contributed by atoms with E-state index in [4.69, 9.17) is 0 Å². The molecule has 2 amide bonds. The lowest BCUT2D eigenvalue weighted by Crippen LogP contribution is -2.31. The van der Waals surface area contributed by atoms with Gasteiger partial charge in [-0.3, -0.25) is 9.78 Å². The van der Waals surface area contributed by atoms with Gasteiger partial charge in [0, 0.05) is 31.2 Å². The highest BCUT2D eigenvalue weighted by Gasteiger charge is 2.37. The van der Waals surface area contributed by atoms with Crippen molar-refractivity contribution in [1.82, 2.24) is 19.4 Å². The summed E-state index contributed by atoms with van der Waals surface area (Å²) in [6.07, 6.45) is -0.314. The Morgan fingerprint density at radius 1 is 1.09 bits per heavy atom. The number of rotatable bonds is 7. The van der Waals surface area contributed by atoms with Gasteiger partial charge in [0.15, 0.2) is 0 Å². The maximum absolute atomic E-state index is 16.1. The van der Waals surface area contributed by atoms with Crippen molar-refractivity contribution < 1.29 is 36.6 Å². The fraction of sp³-hybridized carbons (Fsp3) is 0.267. The smallest absolute Gasteiger partial charge is 0.434 e. The van der Waals surface area contributed by atoms with E-state index in [1.54, 1.807) is 25.4 Å². The average molecular weight is 600 g/mol. The average Bonchev–Trinajstić information content (AvgIpc) is 3.72. The molecule has 0 spiro atoms. The number of alkyl halides is 3. The van der Waals surface area contributed by atoms with E-state index >= 15 is 4.39 Å². The normalized spacial score (nSPS) is 14.5. The fourth-order valence-corrected chi connectivity index (χ4v) is 5.00. The van der Waals surface area contributed by atoms with E-state index in [1.165, 1.54) is 27.6 Å². The van der Waals surface area contributed by atoms with Gasteiger partial charge in [-0.15, -0.1) is 4.99 Å². The third kappa shape index (κ3) is 6.50. The molecule has 1 atom stereocenters. The van der Waals surface area contributed by atoms with Crippen LogP contribution >= 0.6 is 0 Å². The molecule has 8 nitrogen and oxygen atoms in total. The number of hydrogen-bond acceptors (Lipinski definition) is 3.